The zero-order valence-electron chi connectivity index (χ0n) is 11.2. The summed E-state index contributed by atoms with van der Waals surface area (Å²) in [6.45, 7) is 6.29. The number of nitrogens with two attached hydrogens (primary N) is 1. The van der Waals surface area contributed by atoms with Crippen LogP contribution >= 0.6 is 0 Å². The zero-order chi connectivity index (χ0) is 13.3. The molecule has 4 nitrogen and oxygen atoms in total. The maximum Gasteiger partial charge on any atom is 0.198 e. The van der Waals surface area contributed by atoms with Crippen molar-refractivity contribution < 1.29 is 4.74 Å². The molecule has 0 amide bonds. The summed E-state index contributed by atoms with van der Waals surface area (Å²) in [6, 6.07) is 6.18. The minimum absolute atomic E-state index is 0.430. The molecule has 2 aromatic rings. The lowest BCUT2D eigenvalue weighted by Gasteiger charge is -2.11. The van der Waals surface area contributed by atoms with Crippen LogP contribution in [0, 0.1) is 6.92 Å². The third kappa shape index (κ3) is 2.18. The highest BCUT2D eigenvalue weighted by Crippen LogP contribution is 2.33. The quantitative estimate of drug-likeness (QED) is 0.873. The zero-order valence-corrected chi connectivity index (χ0v) is 11.2. The molecule has 0 bridgehead atoms. The molecule has 0 aliphatic rings. The number of imidazole rings is 1. The van der Waals surface area contributed by atoms with Crippen molar-refractivity contribution in [2.75, 3.05) is 12.8 Å². The Morgan fingerprint density at radius 2 is 2.06 bits per heavy atom. The highest BCUT2D eigenvalue weighted by Gasteiger charge is 2.14. The van der Waals surface area contributed by atoms with E-state index in [1.165, 1.54) is 5.56 Å². The van der Waals surface area contributed by atoms with Crippen LogP contribution in [0.3, 0.4) is 0 Å². The van der Waals surface area contributed by atoms with E-state index < -0.39 is 0 Å². The van der Waals surface area contributed by atoms with Crippen LogP contribution in [0.5, 0.6) is 5.75 Å². The Morgan fingerprint density at radius 3 is 2.56 bits per heavy atom. The number of nitrogen functional groups attached to an aromatic ring is 1. The van der Waals surface area contributed by atoms with Crippen LogP contribution in [0.1, 0.15) is 31.0 Å². The SMILES string of the molecule is COc1ccc(C(C)C)cc1-c1nc(N)[nH]c1C. The first-order chi connectivity index (χ1) is 8.52. The molecule has 2 rings (SSSR count). The van der Waals surface area contributed by atoms with Crippen LogP contribution in [-0.4, -0.2) is 17.1 Å². The van der Waals surface area contributed by atoms with E-state index in [9.17, 15) is 0 Å². The third-order valence-corrected chi connectivity index (χ3v) is 3.05. The fourth-order valence-corrected chi connectivity index (χ4v) is 2.02. The molecular formula is C14H19N3O. The highest BCUT2D eigenvalue weighted by atomic mass is 16.5. The molecule has 0 atom stereocenters. The number of H-pyrrole nitrogens is 1. The Labute approximate surface area is 107 Å². The summed E-state index contributed by atoms with van der Waals surface area (Å²) in [5.41, 5.74) is 9.74. The number of hydrogen-bond donors (Lipinski definition) is 2. The number of aromatic nitrogens is 2. The average Bonchev–Trinajstić information content (AvgIpc) is 2.67. The molecule has 0 radical (unpaired) electrons. The Kier molecular flexibility index (Phi) is 3.28. The Morgan fingerprint density at radius 1 is 1.33 bits per heavy atom. The summed E-state index contributed by atoms with van der Waals surface area (Å²) in [4.78, 5) is 7.35. The first kappa shape index (κ1) is 12.5. The van der Waals surface area contributed by atoms with Gasteiger partial charge in [-0.1, -0.05) is 19.9 Å². The fraction of sp³-hybridized carbons (Fsp3) is 0.357. The van der Waals surface area contributed by atoms with Crippen LogP contribution in [0.25, 0.3) is 11.3 Å². The van der Waals surface area contributed by atoms with Gasteiger partial charge in [-0.3, -0.25) is 0 Å². The van der Waals surface area contributed by atoms with E-state index in [2.05, 4.69) is 35.9 Å². The summed E-state index contributed by atoms with van der Waals surface area (Å²) in [5.74, 6) is 1.71. The van der Waals surface area contributed by atoms with Gasteiger partial charge in [0.25, 0.3) is 0 Å². The molecule has 0 spiro atoms. The average molecular weight is 245 g/mol. The van der Waals surface area contributed by atoms with Crippen molar-refractivity contribution >= 4 is 5.95 Å². The Hall–Kier alpha value is -1.97. The normalized spacial score (nSPS) is 10.9. The van der Waals surface area contributed by atoms with Gasteiger partial charge in [0.1, 0.15) is 5.75 Å². The largest absolute Gasteiger partial charge is 0.496 e. The summed E-state index contributed by atoms with van der Waals surface area (Å²) >= 11 is 0. The molecule has 0 unspecified atom stereocenters. The maximum absolute atomic E-state index is 5.70. The maximum atomic E-state index is 5.70. The number of aromatic amines is 1. The van der Waals surface area contributed by atoms with Crippen molar-refractivity contribution in [2.24, 2.45) is 0 Å². The number of hydrogen-bond acceptors (Lipinski definition) is 3. The van der Waals surface area contributed by atoms with Gasteiger partial charge in [-0.15, -0.1) is 0 Å². The molecule has 3 N–H and O–H groups in total. The van der Waals surface area contributed by atoms with Gasteiger partial charge in [-0.25, -0.2) is 4.98 Å². The minimum Gasteiger partial charge on any atom is -0.496 e. The predicted molar refractivity (Wildman–Crippen MR) is 73.8 cm³/mol. The number of aryl methyl sites for hydroxylation is 1. The number of nitrogens with zero attached hydrogens (tertiary/aromatic N) is 1. The topological polar surface area (TPSA) is 63.9 Å². The Bertz CT molecular complexity index is 558. The number of rotatable bonds is 3. The third-order valence-electron chi connectivity index (χ3n) is 3.05. The minimum atomic E-state index is 0.430. The molecule has 1 aromatic carbocycles. The molecule has 1 heterocycles. The van der Waals surface area contributed by atoms with Crippen molar-refractivity contribution in [1.82, 2.24) is 9.97 Å². The molecule has 0 saturated heterocycles. The van der Waals surface area contributed by atoms with Crippen molar-refractivity contribution in [1.29, 1.82) is 0 Å². The summed E-state index contributed by atoms with van der Waals surface area (Å²) < 4.78 is 5.40. The van der Waals surface area contributed by atoms with Gasteiger partial charge < -0.3 is 15.5 Å². The molecule has 0 saturated carbocycles. The van der Waals surface area contributed by atoms with E-state index >= 15 is 0 Å². The molecule has 96 valence electrons. The van der Waals surface area contributed by atoms with Crippen molar-refractivity contribution in [3.05, 3.63) is 29.5 Å². The van der Waals surface area contributed by atoms with Gasteiger partial charge in [0.2, 0.25) is 0 Å². The second-order valence-electron chi connectivity index (χ2n) is 4.71. The lowest BCUT2D eigenvalue weighted by Crippen LogP contribution is -1.94. The summed E-state index contributed by atoms with van der Waals surface area (Å²) in [7, 11) is 1.67. The van der Waals surface area contributed by atoms with Crippen molar-refractivity contribution in [3.63, 3.8) is 0 Å². The van der Waals surface area contributed by atoms with Crippen LogP contribution in [0.4, 0.5) is 5.95 Å². The molecule has 0 fully saturated rings. The molecule has 18 heavy (non-hydrogen) atoms. The molecular weight excluding hydrogens is 226 g/mol. The van der Waals surface area contributed by atoms with Gasteiger partial charge in [-0.05, 0) is 30.5 Å². The number of nitrogens with one attached hydrogen (secondary N) is 1. The van der Waals surface area contributed by atoms with E-state index in [0.717, 1.165) is 22.7 Å². The van der Waals surface area contributed by atoms with E-state index in [1.54, 1.807) is 7.11 Å². The van der Waals surface area contributed by atoms with E-state index in [-0.39, 0.29) is 0 Å². The van der Waals surface area contributed by atoms with E-state index in [1.807, 2.05) is 13.0 Å². The smallest absolute Gasteiger partial charge is 0.198 e. The van der Waals surface area contributed by atoms with Crippen molar-refractivity contribution in [2.45, 2.75) is 26.7 Å². The first-order valence-electron chi connectivity index (χ1n) is 6.03. The van der Waals surface area contributed by atoms with Crippen LogP contribution < -0.4 is 10.5 Å². The monoisotopic (exact) mass is 245 g/mol. The Balaban J connectivity index is 2.60. The van der Waals surface area contributed by atoms with Crippen LogP contribution in [-0.2, 0) is 0 Å². The number of ether oxygens (including phenoxy) is 1. The van der Waals surface area contributed by atoms with Gasteiger partial charge in [-0.2, -0.15) is 0 Å². The summed E-state index contributed by atoms with van der Waals surface area (Å²) in [6.07, 6.45) is 0. The molecule has 4 heteroatoms. The second-order valence-corrected chi connectivity index (χ2v) is 4.71. The molecule has 0 aliphatic carbocycles. The molecule has 1 aromatic heterocycles. The molecule has 0 aliphatic heterocycles. The van der Waals surface area contributed by atoms with Gasteiger partial charge in [0, 0.05) is 11.3 Å². The van der Waals surface area contributed by atoms with E-state index in [4.69, 9.17) is 10.5 Å². The highest BCUT2D eigenvalue weighted by molar-refractivity contribution is 5.71. The number of benzene rings is 1. The lowest BCUT2D eigenvalue weighted by atomic mass is 9.98. The van der Waals surface area contributed by atoms with Crippen LogP contribution in [0.2, 0.25) is 0 Å². The van der Waals surface area contributed by atoms with Gasteiger partial charge >= 0.3 is 0 Å². The van der Waals surface area contributed by atoms with Crippen LogP contribution in [0.15, 0.2) is 18.2 Å². The second kappa shape index (κ2) is 4.72. The van der Waals surface area contributed by atoms with Gasteiger partial charge in [0.05, 0.1) is 12.8 Å². The predicted octanol–water partition coefficient (Wildman–Crippen LogP) is 3.10. The first-order valence-corrected chi connectivity index (χ1v) is 6.03. The van der Waals surface area contributed by atoms with Gasteiger partial charge in [0.15, 0.2) is 5.95 Å². The van der Waals surface area contributed by atoms with E-state index in [0.29, 0.717) is 11.9 Å². The number of anilines is 1. The fourth-order valence-electron chi connectivity index (χ4n) is 2.02. The van der Waals surface area contributed by atoms with Crippen molar-refractivity contribution in [3.8, 4) is 17.0 Å². The number of methoxy groups -OCH3 is 1. The summed E-state index contributed by atoms with van der Waals surface area (Å²) in [5, 5.41) is 0. The lowest BCUT2D eigenvalue weighted by molar-refractivity contribution is 0.416. The standard InChI is InChI=1S/C14H19N3O/c1-8(2)10-5-6-12(18-4)11(7-10)13-9(3)16-14(15)17-13/h5-8H,1-4H3,(H3,15,16,17).